The van der Waals surface area contributed by atoms with Crippen LogP contribution >= 0.6 is 0 Å². The van der Waals surface area contributed by atoms with E-state index in [2.05, 4.69) is 4.98 Å². The van der Waals surface area contributed by atoms with Crippen molar-refractivity contribution >= 4 is 22.0 Å². The van der Waals surface area contributed by atoms with Crippen LogP contribution in [0.3, 0.4) is 0 Å². The van der Waals surface area contributed by atoms with Crippen LogP contribution in [0.25, 0.3) is 11.1 Å². The van der Waals surface area contributed by atoms with E-state index in [9.17, 15) is 23.1 Å². The summed E-state index contributed by atoms with van der Waals surface area (Å²) in [6.07, 6.45) is 8.47. The monoisotopic (exact) mass is 651 g/mol. The number of hydrogen-bond donors (Lipinski definition) is 2. The number of pyridine rings is 1. The average molecular weight is 652 g/mol. The molecule has 1 atom stereocenters. The highest BCUT2D eigenvalue weighted by Gasteiger charge is 2.25. The molecule has 1 aliphatic carbocycles. The molecule has 3 aromatic rings. The molecule has 1 aliphatic rings. The SMILES string of the molecule is CC(C)(C)OC(=O)N(CCc1ccc(-c2ccc(CC(=O)NS(C)(=O)=O)c(OC3CCCCC3)c2)cc1)C[C@H](O)c1cccnc1. The van der Waals surface area contributed by atoms with Crippen LogP contribution in [0, 0.1) is 0 Å². The molecule has 0 radical (unpaired) electrons. The van der Waals surface area contributed by atoms with Crippen LogP contribution < -0.4 is 9.46 Å². The minimum Gasteiger partial charge on any atom is -0.490 e. The third kappa shape index (κ3) is 11.1. The van der Waals surface area contributed by atoms with Crippen molar-refractivity contribution < 1.29 is 32.6 Å². The van der Waals surface area contributed by atoms with E-state index in [0.29, 0.717) is 29.8 Å². The van der Waals surface area contributed by atoms with Gasteiger partial charge in [-0.2, -0.15) is 0 Å². The first-order valence-corrected chi connectivity index (χ1v) is 17.6. The molecular formula is C35H45N3O7S. The van der Waals surface area contributed by atoms with Gasteiger partial charge in [0.15, 0.2) is 0 Å². The van der Waals surface area contributed by atoms with Crippen molar-refractivity contribution in [2.45, 2.75) is 83.5 Å². The third-order valence-corrected chi connectivity index (χ3v) is 8.23. The van der Waals surface area contributed by atoms with Gasteiger partial charge in [0.1, 0.15) is 11.4 Å². The number of carbonyl (C=O) groups is 2. The standard InChI is InChI=1S/C35H45N3O7S/c1-35(2,3)45-34(41)38(24-31(39)29-9-8-19-36-23-29)20-18-25-12-14-26(15-13-25)27-16-17-28(22-33(40)37-46(4,42)43)32(21-27)44-30-10-6-5-7-11-30/h8-9,12-17,19,21,23,30-31,39H,5-7,10-11,18,20,22,24H2,1-4H3,(H,37,40)/t31-/m0/s1. The lowest BCUT2D eigenvalue weighted by Gasteiger charge is -2.29. The molecule has 0 unspecified atom stereocenters. The van der Waals surface area contributed by atoms with Gasteiger partial charge in [-0.3, -0.25) is 14.5 Å². The van der Waals surface area contributed by atoms with Gasteiger partial charge in [-0.1, -0.05) is 48.9 Å². The molecule has 11 heteroatoms. The second kappa shape index (κ2) is 15.6. The summed E-state index contributed by atoms with van der Waals surface area (Å²) in [7, 11) is -3.66. The second-order valence-corrected chi connectivity index (χ2v) is 14.6. The van der Waals surface area contributed by atoms with Crippen LogP contribution in [-0.2, 0) is 32.4 Å². The summed E-state index contributed by atoms with van der Waals surface area (Å²) in [6, 6.07) is 17.1. The fraction of sp³-hybridized carbons (Fsp3) is 0.457. The van der Waals surface area contributed by atoms with Gasteiger partial charge in [-0.25, -0.2) is 13.2 Å². The van der Waals surface area contributed by atoms with Crippen molar-refractivity contribution in [3.63, 3.8) is 0 Å². The van der Waals surface area contributed by atoms with Crippen molar-refractivity contribution in [1.29, 1.82) is 0 Å². The molecular weight excluding hydrogens is 606 g/mol. The number of aromatic nitrogens is 1. The molecule has 0 bridgehead atoms. The fourth-order valence-electron chi connectivity index (χ4n) is 5.37. The Morgan fingerprint density at radius 3 is 2.37 bits per heavy atom. The number of ether oxygens (including phenoxy) is 2. The van der Waals surface area contributed by atoms with Gasteiger partial charge in [-0.05, 0) is 81.7 Å². The number of amides is 2. The number of aliphatic hydroxyl groups excluding tert-OH is 1. The van der Waals surface area contributed by atoms with Crippen molar-refractivity contribution in [2.24, 2.45) is 0 Å². The molecule has 2 aromatic carbocycles. The zero-order valence-electron chi connectivity index (χ0n) is 27.1. The maximum atomic E-state index is 13.0. The highest BCUT2D eigenvalue weighted by atomic mass is 32.2. The Bertz CT molecular complexity index is 1570. The molecule has 1 saturated carbocycles. The number of carbonyl (C=O) groups excluding carboxylic acids is 2. The van der Waals surface area contributed by atoms with Gasteiger partial charge < -0.3 is 19.5 Å². The van der Waals surface area contributed by atoms with Gasteiger partial charge >= 0.3 is 6.09 Å². The summed E-state index contributed by atoms with van der Waals surface area (Å²) < 4.78 is 37.2. The zero-order chi connectivity index (χ0) is 33.3. The number of hydrogen-bond acceptors (Lipinski definition) is 8. The second-order valence-electron chi connectivity index (χ2n) is 12.8. The topological polar surface area (TPSA) is 135 Å². The molecule has 2 N–H and O–H groups in total. The van der Waals surface area contributed by atoms with Crippen molar-refractivity contribution in [3.8, 4) is 16.9 Å². The van der Waals surface area contributed by atoms with Crippen LogP contribution in [0.15, 0.2) is 67.0 Å². The van der Waals surface area contributed by atoms with Crippen LogP contribution in [0.4, 0.5) is 4.79 Å². The summed E-state index contributed by atoms with van der Waals surface area (Å²) in [5.41, 5.74) is 3.42. The molecule has 1 heterocycles. The smallest absolute Gasteiger partial charge is 0.410 e. The molecule has 1 fully saturated rings. The van der Waals surface area contributed by atoms with E-state index < -0.39 is 33.7 Å². The highest BCUT2D eigenvalue weighted by Crippen LogP contribution is 2.31. The van der Waals surface area contributed by atoms with Crippen LogP contribution in [0.5, 0.6) is 5.75 Å². The van der Waals surface area contributed by atoms with E-state index >= 15 is 0 Å². The molecule has 4 rings (SSSR count). The largest absolute Gasteiger partial charge is 0.490 e. The number of rotatable bonds is 12. The van der Waals surface area contributed by atoms with E-state index in [0.717, 1.165) is 48.6 Å². The Balaban J connectivity index is 1.48. The Labute approximate surface area is 272 Å². The number of benzene rings is 2. The first kappa shape index (κ1) is 34.9. The highest BCUT2D eigenvalue weighted by molar-refractivity contribution is 7.89. The molecule has 0 saturated heterocycles. The van der Waals surface area contributed by atoms with Crippen LogP contribution in [-0.4, -0.2) is 66.5 Å². The summed E-state index contributed by atoms with van der Waals surface area (Å²) >= 11 is 0. The Morgan fingerprint density at radius 1 is 1.04 bits per heavy atom. The number of sulfonamides is 1. The summed E-state index contributed by atoms with van der Waals surface area (Å²) in [5.74, 6) is -0.0289. The summed E-state index contributed by atoms with van der Waals surface area (Å²) in [4.78, 5) is 31.0. The number of aliphatic hydroxyl groups is 1. The molecule has 248 valence electrons. The van der Waals surface area contributed by atoms with E-state index in [1.54, 1.807) is 24.5 Å². The molecule has 0 spiro atoms. The minimum absolute atomic E-state index is 0.0488. The fourth-order valence-corrected chi connectivity index (χ4v) is 5.85. The van der Waals surface area contributed by atoms with Crippen LogP contribution in [0.2, 0.25) is 0 Å². The van der Waals surface area contributed by atoms with Gasteiger partial charge in [0, 0.05) is 30.1 Å². The Kier molecular flexibility index (Phi) is 11.8. The lowest BCUT2D eigenvalue weighted by atomic mass is 9.97. The number of nitrogens with zero attached hydrogens (tertiary/aromatic N) is 2. The maximum absolute atomic E-state index is 13.0. The van der Waals surface area contributed by atoms with E-state index in [1.807, 2.05) is 68.0 Å². The predicted octanol–water partition coefficient (Wildman–Crippen LogP) is 5.59. The van der Waals surface area contributed by atoms with Crippen molar-refractivity contribution in [2.75, 3.05) is 19.3 Å². The maximum Gasteiger partial charge on any atom is 0.410 e. The Hall–Kier alpha value is -3.96. The van der Waals surface area contributed by atoms with Gasteiger partial charge in [0.05, 0.1) is 31.4 Å². The van der Waals surface area contributed by atoms with Gasteiger partial charge in [0.25, 0.3) is 0 Å². The average Bonchev–Trinajstić information content (AvgIpc) is 2.99. The first-order valence-electron chi connectivity index (χ1n) is 15.7. The Morgan fingerprint density at radius 2 is 1.74 bits per heavy atom. The first-order chi connectivity index (χ1) is 21.8. The molecule has 0 aliphatic heterocycles. The van der Waals surface area contributed by atoms with Crippen molar-refractivity contribution in [3.05, 3.63) is 83.7 Å². The quantitative estimate of drug-likeness (QED) is 0.259. The van der Waals surface area contributed by atoms with Gasteiger partial charge in [-0.15, -0.1) is 0 Å². The molecule has 10 nitrogen and oxygen atoms in total. The summed E-state index contributed by atoms with van der Waals surface area (Å²) in [5, 5.41) is 10.8. The normalized spacial score (nSPS) is 14.7. The number of nitrogens with one attached hydrogen (secondary N) is 1. The molecule has 2 amide bonds. The minimum atomic E-state index is -3.66. The van der Waals surface area contributed by atoms with Crippen LogP contribution in [0.1, 0.15) is 75.7 Å². The van der Waals surface area contributed by atoms with Crippen molar-refractivity contribution in [1.82, 2.24) is 14.6 Å². The van der Waals surface area contributed by atoms with E-state index in [-0.39, 0.29) is 19.1 Å². The zero-order valence-corrected chi connectivity index (χ0v) is 27.9. The van der Waals surface area contributed by atoms with E-state index in [4.69, 9.17) is 9.47 Å². The molecule has 46 heavy (non-hydrogen) atoms. The van der Waals surface area contributed by atoms with E-state index in [1.165, 1.54) is 11.3 Å². The lowest BCUT2D eigenvalue weighted by molar-refractivity contribution is -0.118. The third-order valence-electron chi connectivity index (χ3n) is 7.64. The van der Waals surface area contributed by atoms with Gasteiger partial charge in [0.2, 0.25) is 15.9 Å². The molecule has 1 aromatic heterocycles. The predicted molar refractivity (Wildman–Crippen MR) is 177 cm³/mol. The summed E-state index contributed by atoms with van der Waals surface area (Å²) in [6.45, 7) is 5.83. The lowest BCUT2D eigenvalue weighted by Crippen LogP contribution is -2.40.